The summed E-state index contributed by atoms with van der Waals surface area (Å²) in [5, 5.41) is 8.86. The third-order valence-corrected chi connectivity index (χ3v) is 18.3. The van der Waals surface area contributed by atoms with Crippen LogP contribution >= 0.6 is 0 Å². The topological polar surface area (TPSA) is 23.8 Å². The van der Waals surface area contributed by atoms with E-state index < -0.39 is 18.4 Å². The van der Waals surface area contributed by atoms with Crippen LogP contribution in [0, 0.1) is 11.3 Å². The summed E-state index contributed by atoms with van der Waals surface area (Å²) in [6, 6.07) is 35.0. The van der Waals surface area contributed by atoms with E-state index in [0.29, 0.717) is 6.42 Å². The molecule has 0 aliphatic carbocycles. The second kappa shape index (κ2) is 8.69. The molecule has 0 N–H and O–H groups in total. The molecule has 3 aromatic rings. The molecule has 0 aliphatic rings. The molecule has 0 radical (unpaired) electrons. The van der Waals surface area contributed by atoms with Crippen LogP contribution in [0.15, 0.2) is 103 Å². The van der Waals surface area contributed by atoms with Crippen molar-refractivity contribution in [1.82, 2.24) is 0 Å². The van der Waals surface area contributed by atoms with Crippen LogP contribution in [0.5, 0.6) is 0 Å². The number of rotatable bonds is 6. The van der Waals surface area contributed by atoms with E-state index >= 15 is 0 Å². The first kappa shape index (κ1) is 17.5. The predicted octanol–water partition coefficient (Wildman–Crippen LogP) is 3.63. The van der Waals surface area contributed by atoms with Crippen molar-refractivity contribution >= 4 is 29.1 Å². The zero-order chi connectivity index (χ0) is 17.4. The van der Waals surface area contributed by atoms with Crippen molar-refractivity contribution in [3.8, 4) is 6.07 Å². The van der Waals surface area contributed by atoms with Crippen molar-refractivity contribution in [3.63, 3.8) is 0 Å². The Morgan fingerprint density at radius 1 is 0.640 bits per heavy atom. The number of hydrogen-bond donors (Lipinski definition) is 0. The molecule has 0 aliphatic heterocycles. The van der Waals surface area contributed by atoms with Crippen molar-refractivity contribution in [2.45, 2.75) is 10.9 Å². The Labute approximate surface area is 154 Å². The average Bonchev–Trinajstić information content (AvgIpc) is 2.70. The first-order chi connectivity index (χ1) is 12.4. The number of benzene rings is 3. The van der Waals surface area contributed by atoms with Crippen LogP contribution in [0.2, 0.25) is 4.44 Å². The summed E-state index contributed by atoms with van der Waals surface area (Å²) in [5.41, 5.74) is 0. The van der Waals surface area contributed by atoms with Gasteiger partial charge in [-0.25, -0.2) is 0 Å². The summed E-state index contributed by atoms with van der Waals surface area (Å²) in [4.78, 5) is 0. The summed E-state index contributed by atoms with van der Waals surface area (Å²) in [6.07, 6.45) is 4.72. The van der Waals surface area contributed by atoms with Crippen molar-refractivity contribution in [3.05, 3.63) is 103 Å². The summed E-state index contributed by atoms with van der Waals surface area (Å²) < 4.78 is 5.43. The number of hydrogen-bond acceptors (Lipinski definition) is 1. The van der Waals surface area contributed by atoms with Gasteiger partial charge in [0.05, 0.1) is 0 Å². The molecule has 0 aromatic heterocycles. The summed E-state index contributed by atoms with van der Waals surface area (Å²) in [5.74, 6) is 0. The van der Waals surface area contributed by atoms with Gasteiger partial charge in [-0.3, -0.25) is 0 Å². The Bertz CT molecular complexity index is 752. The third-order valence-electron chi connectivity index (χ3n) is 4.60. The monoisotopic (exact) mass is 431 g/mol. The Morgan fingerprint density at radius 3 is 1.40 bits per heavy atom. The molecule has 25 heavy (non-hydrogen) atoms. The Kier molecular flexibility index (Phi) is 6.08. The molecule has 0 saturated carbocycles. The maximum atomic E-state index is 8.86. The molecule has 0 unspecified atom stereocenters. The van der Waals surface area contributed by atoms with Gasteiger partial charge in [-0.15, -0.1) is 0 Å². The zero-order valence-electron chi connectivity index (χ0n) is 14.2. The molecular formula is C23H21NSn. The van der Waals surface area contributed by atoms with Gasteiger partial charge in [0.25, 0.3) is 0 Å². The zero-order valence-corrected chi connectivity index (χ0v) is 17.0. The number of allylic oxidation sites excluding steroid dienone is 2. The van der Waals surface area contributed by atoms with Gasteiger partial charge in [0.2, 0.25) is 0 Å². The maximum absolute atomic E-state index is 8.86. The summed E-state index contributed by atoms with van der Waals surface area (Å²) in [7, 11) is 0. The Hall–Kier alpha value is -2.31. The van der Waals surface area contributed by atoms with Crippen molar-refractivity contribution < 1.29 is 0 Å². The fraction of sp³-hybridized carbons (Fsp3) is 0.0870. The molecule has 122 valence electrons. The fourth-order valence-corrected chi connectivity index (χ4v) is 16.3. The SMILES string of the molecule is N#CC/C=C/[CH2][Sn]([c]1ccccc1)([c]1ccccc1)[c]1ccccc1. The molecule has 0 bridgehead atoms. The van der Waals surface area contributed by atoms with Crippen LogP contribution in [-0.4, -0.2) is 18.4 Å². The molecule has 0 saturated heterocycles. The minimum atomic E-state index is -3.14. The van der Waals surface area contributed by atoms with E-state index in [0.717, 1.165) is 4.44 Å². The van der Waals surface area contributed by atoms with Crippen molar-refractivity contribution in [2.24, 2.45) is 0 Å². The number of nitriles is 1. The van der Waals surface area contributed by atoms with E-state index in [2.05, 4.69) is 103 Å². The van der Waals surface area contributed by atoms with Crippen LogP contribution < -0.4 is 10.7 Å². The second-order valence-corrected chi connectivity index (χ2v) is 17.3. The standard InChI is InChI=1S/3C6H5.C5H6N.Sn/c3*1-2-4-6-5-3-1;1-2-3-4-5-6;/h3*1-5H;2-3H,1,4H2;/b;;;3-2+;. The summed E-state index contributed by atoms with van der Waals surface area (Å²) >= 11 is -3.14. The molecule has 3 rings (SSSR count). The van der Waals surface area contributed by atoms with Crippen LogP contribution in [0.4, 0.5) is 0 Å². The number of nitrogens with zero attached hydrogens (tertiary/aromatic N) is 1. The van der Waals surface area contributed by atoms with E-state index in [9.17, 15) is 0 Å². The van der Waals surface area contributed by atoms with E-state index in [-0.39, 0.29) is 0 Å². The van der Waals surface area contributed by atoms with Crippen LogP contribution in [0.3, 0.4) is 0 Å². The van der Waals surface area contributed by atoms with Gasteiger partial charge < -0.3 is 0 Å². The first-order valence-electron chi connectivity index (χ1n) is 8.56. The molecule has 0 heterocycles. The molecule has 0 amide bonds. The normalized spacial score (nSPS) is 11.3. The van der Waals surface area contributed by atoms with Crippen LogP contribution in [0.1, 0.15) is 6.42 Å². The van der Waals surface area contributed by atoms with Gasteiger partial charge in [-0.05, 0) is 0 Å². The molecule has 2 heteroatoms. The van der Waals surface area contributed by atoms with Crippen molar-refractivity contribution in [1.29, 1.82) is 5.26 Å². The van der Waals surface area contributed by atoms with E-state index in [1.807, 2.05) is 6.08 Å². The minimum absolute atomic E-state index is 0.473. The van der Waals surface area contributed by atoms with E-state index in [1.165, 1.54) is 10.7 Å². The molecular weight excluding hydrogens is 409 g/mol. The van der Waals surface area contributed by atoms with E-state index in [1.54, 1.807) is 0 Å². The molecule has 3 aromatic carbocycles. The molecule has 1 nitrogen and oxygen atoms in total. The van der Waals surface area contributed by atoms with Gasteiger partial charge in [-0.1, -0.05) is 0 Å². The van der Waals surface area contributed by atoms with Gasteiger partial charge >= 0.3 is 154 Å². The molecule has 0 spiro atoms. The molecule has 0 fully saturated rings. The van der Waals surface area contributed by atoms with Crippen LogP contribution in [0.25, 0.3) is 0 Å². The quantitative estimate of drug-likeness (QED) is 0.433. The van der Waals surface area contributed by atoms with Gasteiger partial charge in [0.1, 0.15) is 0 Å². The fourth-order valence-electron chi connectivity index (χ4n) is 3.42. The molecule has 0 atom stereocenters. The van der Waals surface area contributed by atoms with Crippen molar-refractivity contribution in [2.75, 3.05) is 0 Å². The average molecular weight is 430 g/mol. The second-order valence-electron chi connectivity index (χ2n) is 6.04. The predicted molar refractivity (Wildman–Crippen MR) is 108 cm³/mol. The Morgan fingerprint density at radius 2 is 1.04 bits per heavy atom. The van der Waals surface area contributed by atoms with Gasteiger partial charge in [0.15, 0.2) is 0 Å². The van der Waals surface area contributed by atoms with Crippen LogP contribution in [-0.2, 0) is 0 Å². The van der Waals surface area contributed by atoms with Gasteiger partial charge in [-0.2, -0.15) is 0 Å². The third kappa shape index (κ3) is 3.86. The van der Waals surface area contributed by atoms with Gasteiger partial charge in [0, 0.05) is 0 Å². The van der Waals surface area contributed by atoms with E-state index in [4.69, 9.17) is 5.26 Å². The summed E-state index contributed by atoms with van der Waals surface area (Å²) in [6.45, 7) is 0. The first-order valence-corrected chi connectivity index (χ1v) is 14.9. The Balaban J connectivity index is 2.22.